The average Bonchev–Trinajstić information content (AvgIpc) is 2.27. The summed E-state index contributed by atoms with van der Waals surface area (Å²) in [5.74, 6) is -0.462. The van der Waals surface area contributed by atoms with E-state index in [9.17, 15) is 9.18 Å². The summed E-state index contributed by atoms with van der Waals surface area (Å²) in [4.78, 5) is 15.5. The number of halogens is 1. The largest absolute Gasteiger partial charge is 0.494 e. The van der Waals surface area contributed by atoms with Crippen molar-refractivity contribution in [3.05, 3.63) is 29.6 Å². The van der Waals surface area contributed by atoms with Crippen LogP contribution in [0.25, 0.3) is 0 Å². The number of aryl methyl sites for hydroxylation is 1. The topological polar surface area (TPSA) is 47.6 Å². The summed E-state index contributed by atoms with van der Waals surface area (Å²) in [5.41, 5.74) is 2.94. The van der Waals surface area contributed by atoms with E-state index in [1.165, 1.54) is 20.3 Å². The zero-order valence-electron chi connectivity index (χ0n) is 9.25. The highest BCUT2D eigenvalue weighted by Gasteiger charge is 2.05. The molecule has 0 bridgehead atoms. The molecule has 0 saturated carbocycles. The molecule has 1 aromatic carbocycles. The molecule has 0 aliphatic rings. The van der Waals surface area contributed by atoms with Gasteiger partial charge in [0.25, 0.3) is 0 Å². The van der Waals surface area contributed by atoms with Crippen LogP contribution in [0.2, 0.25) is 0 Å². The summed E-state index contributed by atoms with van der Waals surface area (Å²) >= 11 is 0. The number of hydrogen-bond donors (Lipinski definition) is 1. The number of benzene rings is 1. The number of carbonyl (C=O) groups excluding carboxylic acids is 1. The third-order valence-corrected chi connectivity index (χ3v) is 2.07. The summed E-state index contributed by atoms with van der Waals surface area (Å²) in [6, 6.07) is 4.62. The van der Waals surface area contributed by atoms with Gasteiger partial charge in [-0.25, -0.2) is 9.87 Å². The third kappa shape index (κ3) is 3.51. The van der Waals surface area contributed by atoms with Gasteiger partial charge in [-0.15, -0.1) is 0 Å². The Morgan fingerprint density at radius 2 is 2.19 bits per heavy atom. The second-order valence-electron chi connectivity index (χ2n) is 3.20. The molecule has 1 N–H and O–H groups in total. The van der Waals surface area contributed by atoms with Crippen LogP contribution in [0.4, 0.5) is 4.39 Å². The Kier molecular flexibility index (Phi) is 4.72. The molecule has 0 aliphatic heterocycles. The first kappa shape index (κ1) is 12.4. The van der Waals surface area contributed by atoms with E-state index in [4.69, 9.17) is 4.74 Å². The van der Waals surface area contributed by atoms with Crippen molar-refractivity contribution in [1.82, 2.24) is 5.48 Å². The lowest BCUT2D eigenvalue weighted by molar-refractivity contribution is -0.131. The molecular formula is C11H14FNO3. The van der Waals surface area contributed by atoms with E-state index in [1.807, 2.05) is 0 Å². The number of hydroxylamine groups is 1. The van der Waals surface area contributed by atoms with Crippen molar-refractivity contribution in [3.63, 3.8) is 0 Å². The highest BCUT2D eigenvalue weighted by molar-refractivity contribution is 5.75. The average molecular weight is 227 g/mol. The van der Waals surface area contributed by atoms with Crippen molar-refractivity contribution in [2.24, 2.45) is 0 Å². The molecule has 1 aromatic rings. The molecule has 0 unspecified atom stereocenters. The summed E-state index contributed by atoms with van der Waals surface area (Å²) in [6.45, 7) is 0. The molecule has 5 heteroatoms. The quantitative estimate of drug-likeness (QED) is 0.774. The van der Waals surface area contributed by atoms with Gasteiger partial charge < -0.3 is 4.74 Å². The van der Waals surface area contributed by atoms with Crippen molar-refractivity contribution in [1.29, 1.82) is 0 Å². The molecule has 0 fully saturated rings. The van der Waals surface area contributed by atoms with Gasteiger partial charge in [0.15, 0.2) is 11.6 Å². The Bertz CT molecular complexity index is 368. The Balaban J connectivity index is 2.55. The van der Waals surface area contributed by atoms with Gasteiger partial charge in [-0.3, -0.25) is 9.63 Å². The first-order chi connectivity index (χ1) is 7.67. The van der Waals surface area contributed by atoms with Gasteiger partial charge in [0, 0.05) is 6.42 Å². The minimum atomic E-state index is -0.424. The number of nitrogens with one attached hydrogen (secondary N) is 1. The second-order valence-corrected chi connectivity index (χ2v) is 3.20. The van der Waals surface area contributed by atoms with E-state index in [0.29, 0.717) is 6.42 Å². The number of methoxy groups -OCH3 is 1. The first-order valence-corrected chi connectivity index (χ1v) is 4.81. The fraction of sp³-hybridized carbons (Fsp3) is 0.364. The van der Waals surface area contributed by atoms with Gasteiger partial charge in [-0.05, 0) is 24.1 Å². The summed E-state index contributed by atoms with van der Waals surface area (Å²) < 4.78 is 18.1. The maximum absolute atomic E-state index is 13.3. The highest BCUT2D eigenvalue weighted by Crippen LogP contribution is 2.18. The molecule has 4 nitrogen and oxygen atoms in total. The minimum absolute atomic E-state index is 0.199. The number of hydrogen-bond acceptors (Lipinski definition) is 3. The van der Waals surface area contributed by atoms with Gasteiger partial charge in [0.1, 0.15) is 0 Å². The van der Waals surface area contributed by atoms with Crippen molar-refractivity contribution in [3.8, 4) is 5.75 Å². The maximum atomic E-state index is 13.3. The number of carbonyl (C=O) groups is 1. The number of amides is 1. The van der Waals surface area contributed by atoms with Gasteiger partial charge in [-0.2, -0.15) is 0 Å². The van der Waals surface area contributed by atoms with Crippen molar-refractivity contribution in [2.75, 3.05) is 14.2 Å². The molecule has 1 amide bonds. The van der Waals surface area contributed by atoms with Gasteiger partial charge in [0.2, 0.25) is 5.91 Å². The molecule has 0 atom stereocenters. The third-order valence-electron chi connectivity index (χ3n) is 2.07. The van der Waals surface area contributed by atoms with Gasteiger partial charge in [-0.1, -0.05) is 6.07 Å². The molecule has 88 valence electrons. The van der Waals surface area contributed by atoms with Crippen LogP contribution in [0.15, 0.2) is 18.2 Å². The zero-order chi connectivity index (χ0) is 12.0. The maximum Gasteiger partial charge on any atom is 0.243 e. The van der Waals surface area contributed by atoms with E-state index in [2.05, 4.69) is 10.3 Å². The van der Waals surface area contributed by atoms with Crippen molar-refractivity contribution >= 4 is 5.91 Å². The standard InChI is InChI=1S/C11H14FNO3/c1-15-10-5-3-8(7-9(10)12)4-6-11(14)13-16-2/h3,5,7H,4,6H2,1-2H3,(H,13,14). The Hall–Kier alpha value is -1.62. The minimum Gasteiger partial charge on any atom is -0.494 e. The Morgan fingerprint density at radius 1 is 1.44 bits per heavy atom. The van der Waals surface area contributed by atoms with Crippen LogP contribution in [0, 0.1) is 5.82 Å². The van der Waals surface area contributed by atoms with E-state index < -0.39 is 5.82 Å². The van der Waals surface area contributed by atoms with Crippen LogP contribution < -0.4 is 10.2 Å². The lowest BCUT2D eigenvalue weighted by Crippen LogP contribution is -2.21. The van der Waals surface area contributed by atoms with Crippen LogP contribution >= 0.6 is 0 Å². The van der Waals surface area contributed by atoms with Crippen LogP contribution in [-0.2, 0) is 16.1 Å². The van der Waals surface area contributed by atoms with E-state index >= 15 is 0 Å². The van der Waals surface area contributed by atoms with E-state index in [1.54, 1.807) is 12.1 Å². The van der Waals surface area contributed by atoms with Crippen molar-refractivity contribution < 1.29 is 18.8 Å². The molecule has 16 heavy (non-hydrogen) atoms. The number of ether oxygens (including phenoxy) is 1. The van der Waals surface area contributed by atoms with E-state index in [-0.39, 0.29) is 18.1 Å². The normalized spacial score (nSPS) is 9.94. The fourth-order valence-corrected chi connectivity index (χ4v) is 1.29. The Labute approximate surface area is 93.3 Å². The first-order valence-electron chi connectivity index (χ1n) is 4.81. The van der Waals surface area contributed by atoms with Crippen LogP contribution in [0.3, 0.4) is 0 Å². The van der Waals surface area contributed by atoms with Gasteiger partial charge >= 0.3 is 0 Å². The van der Waals surface area contributed by atoms with Crippen LogP contribution in [0.5, 0.6) is 5.75 Å². The molecular weight excluding hydrogens is 213 g/mol. The molecule has 0 aliphatic carbocycles. The molecule has 1 rings (SSSR count). The molecule has 0 spiro atoms. The molecule has 0 heterocycles. The predicted molar refractivity (Wildman–Crippen MR) is 56.4 cm³/mol. The SMILES string of the molecule is CONC(=O)CCc1ccc(OC)c(F)c1. The zero-order valence-corrected chi connectivity index (χ0v) is 9.25. The molecule has 0 aromatic heterocycles. The van der Waals surface area contributed by atoms with Crippen molar-refractivity contribution in [2.45, 2.75) is 12.8 Å². The number of rotatable bonds is 5. The lowest BCUT2D eigenvalue weighted by atomic mass is 10.1. The van der Waals surface area contributed by atoms with Crippen LogP contribution in [-0.4, -0.2) is 20.1 Å². The predicted octanol–water partition coefficient (Wildman–Crippen LogP) is 1.44. The summed E-state index contributed by atoms with van der Waals surface area (Å²) in [7, 11) is 2.77. The molecule has 0 radical (unpaired) electrons. The smallest absolute Gasteiger partial charge is 0.243 e. The van der Waals surface area contributed by atoms with Gasteiger partial charge in [0.05, 0.1) is 14.2 Å². The monoisotopic (exact) mass is 227 g/mol. The Morgan fingerprint density at radius 3 is 2.75 bits per heavy atom. The van der Waals surface area contributed by atoms with Crippen LogP contribution in [0.1, 0.15) is 12.0 Å². The highest BCUT2D eigenvalue weighted by atomic mass is 19.1. The molecule has 0 saturated heterocycles. The second kappa shape index (κ2) is 6.07. The van der Waals surface area contributed by atoms with E-state index in [0.717, 1.165) is 5.56 Å². The lowest BCUT2D eigenvalue weighted by Gasteiger charge is -2.05. The summed E-state index contributed by atoms with van der Waals surface area (Å²) in [6.07, 6.45) is 0.704. The summed E-state index contributed by atoms with van der Waals surface area (Å²) in [5, 5.41) is 0. The fourth-order valence-electron chi connectivity index (χ4n) is 1.29.